The molecule has 1 N–H and O–H groups in total. The predicted molar refractivity (Wildman–Crippen MR) is 193 cm³/mol. The van der Waals surface area contributed by atoms with E-state index in [4.69, 9.17) is 0 Å². The minimum Gasteiger partial charge on any atom is -0.388 e. The molecule has 232 valence electrons. The first-order valence-corrected chi connectivity index (χ1v) is 19.1. The van der Waals surface area contributed by atoms with Crippen LogP contribution in [0.5, 0.6) is 0 Å². The Morgan fingerprint density at radius 1 is 0.467 bits per heavy atom. The van der Waals surface area contributed by atoms with E-state index in [0.717, 1.165) is 18.4 Å². The van der Waals surface area contributed by atoms with Gasteiger partial charge in [0.15, 0.2) is 0 Å². The van der Waals surface area contributed by atoms with E-state index in [1.54, 1.807) is 0 Å². The second kappa shape index (κ2) is 17.4. The third-order valence-corrected chi connectivity index (χ3v) is 14.6. The maximum absolute atomic E-state index is 12.3. The van der Waals surface area contributed by atoms with Crippen LogP contribution in [0.25, 0.3) is 0 Å². The van der Waals surface area contributed by atoms with Gasteiger partial charge < -0.3 is 5.11 Å². The monoisotopic (exact) mass is 670 g/mol. The molecule has 5 aromatic carbocycles. The molecule has 0 radical (unpaired) electrons. The van der Waals surface area contributed by atoms with Gasteiger partial charge >= 0.3 is 0 Å². The molecule has 7 rings (SSSR count). The van der Waals surface area contributed by atoms with E-state index in [2.05, 4.69) is 146 Å². The molecule has 4 heteroatoms. The van der Waals surface area contributed by atoms with Crippen molar-refractivity contribution in [1.29, 1.82) is 0 Å². The van der Waals surface area contributed by atoms with Crippen molar-refractivity contribution in [3.8, 4) is 0 Å². The number of rotatable bonds is 8. The van der Waals surface area contributed by atoms with E-state index in [9.17, 15) is 5.11 Å². The summed E-state index contributed by atoms with van der Waals surface area (Å²) in [6.45, 7) is 0. The molecule has 5 aromatic rings. The summed E-state index contributed by atoms with van der Waals surface area (Å²) in [5.74, 6) is 0.223. The molecular formula is C41H44FeOP2. The molecule has 2 aliphatic carbocycles. The summed E-state index contributed by atoms with van der Waals surface area (Å²) in [7, 11) is -1.37. The minimum absolute atomic E-state index is 0. The number of aliphatic hydroxyl groups excluding tert-OH is 1. The van der Waals surface area contributed by atoms with Crippen LogP contribution in [0.15, 0.2) is 146 Å². The molecule has 3 atom stereocenters. The van der Waals surface area contributed by atoms with Crippen molar-refractivity contribution in [3.05, 3.63) is 151 Å². The molecule has 1 nitrogen and oxygen atoms in total. The Morgan fingerprint density at radius 2 is 0.867 bits per heavy atom. The summed E-state index contributed by atoms with van der Waals surface area (Å²) in [6.07, 6.45) is 10.4. The van der Waals surface area contributed by atoms with Gasteiger partial charge in [-0.3, -0.25) is 0 Å². The van der Waals surface area contributed by atoms with Crippen molar-refractivity contribution in [2.75, 3.05) is 0 Å². The smallest absolute Gasteiger partial charge is 0.0830 e. The van der Waals surface area contributed by atoms with E-state index < -0.39 is 21.9 Å². The van der Waals surface area contributed by atoms with E-state index >= 15 is 0 Å². The molecule has 0 spiro atoms. The quantitative estimate of drug-likeness (QED) is 0.129. The Kier molecular flexibility index (Phi) is 13.1. The first-order valence-electron chi connectivity index (χ1n) is 16.4. The van der Waals surface area contributed by atoms with Gasteiger partial charge in [-0.1, -0.05) is 184 Å². The molecule has 0 saturated heterocycles. The average Bonchev–Trinajstić information content (AvgIpc) is 3.84. The van der Waals surface area contributed by atoms with Crippen LogP contribution in [0.4, 0.5) is 0 Å². The van der Waals surface area contributed by atoms with E-state index in [-0.39, 0.29) is 23.0 Å². The molecule has 2 fully saturated rings. The summed E-state index contributed by atoms with van der Waals surface area (Å²) in [5.41, 5.74) is 1.54. The fourth-order valence-corrected chi connectivity index (χ4v) is 12.7. The van der Waals surface area contributed by atoms with Gasteiger partial charge in [-0.25, -0.2) is 0 Å². The number of benzene rings is 5. The van der Waals surface area contributed by atoms with E-state index in [1.807, 2.05) is 0 Å². The van der Waals surface area contributed by atoms with Gasteiger partial charge in [0.25, 0.3) is 0 Å². The Hall–Kier alpha value is -2.56. The first kappa shape index (κ1) is 33.8. The Balaban J connectivity index is 0.000000609. The Bertz CT molecular complexity index is 1460. The number of aliphatic hydroxyl groups is 1. The maximum atomic E-state index is 12.3. The van der Waals surface area contributed by atoms with Crippen LogP contribution in [-0.4, -0.2) is 10.8 Å². The number of hydrogen-bond acceptors (Lipinski definition) is 1. The molecule has 0 heterocycles. The molecule has 0 aliphatic heterocycles. The van der Waals surface area contributed by atoms with Gasteiger partial charge in [0, 0.05) is 17.1 Å². The molecule has 2 saturated carbocycles. The second-order valence-electron chi connectivity index (χ2n) is 12.0. The van der Waals surface area contributed by atoms with Gasteiger partial charge in [0.1, 0.15) is 0 Å². The largest absolute Gasteiger partial charge is 0.388 e. The van der Waals surface area contributed by atoms with Crippen molar-refractivity contribution in [2.45, 2.75) is 63.1 Å². The summed E-state index contributed by atoms with van der Waals surface area (Å²) in [4.78, 5) is 0. The van der Waals surface area contributed by atoms with Crippen molar-refractivity contribution in [1.82, 2.24) is 0 Å². The second-order valence-corrected chi connectivity index (χ2v) is 16.6. The third kappa shape index (κ3) is 8.43. The molecule has 2 aliphatic rings. The van der Waals surface area contributed by atoms with Gasteiger partial charge in [-0.05, 0) is 72.3 Å². The fraction of sp³-hybridized carbons (Fsp3) is 0.268. The summed E-state index contributed by atoms with van der Waals surface area (Å²) in [5, 5.41) is 19.0. The molecule has 45 heavy (non-hydrogen) atoms. The normalized spacial score (nSPS) is 18.2. The number of hydrogen-bond donors (Lipinski definition) is 1. The van der Waals surface area contributed by atoms with Crippen molar-refractivity contribution in [2.24, 2.45) is 5.92 Å². The predicted octanol–water partition coefficient (Wildman–Crippen LogP) is 8.73. The zero-order chi connectivity index (χ0) is 30.0. The molecule has 0 amide bonds. The van der Waals surface area contributed by atoms with Crippen molar-refractivity contribution in [3.63, 3.8) is 0 Å². The van der Waals surface area contributed by atoms with Gasteiger partial charge in [0.05, 0.1) is 6.10 Å². The van der Waals surface area contributed by atoms with Crippen LogP contribution in [0.1, 0.15) is 63.0 Å². The van der Waals surface area contributed by atoms with Gasteiger partial charge in [-0.15, -0.1) is 0 Å². The van der Waals surface area contributed by atoms with E-state index in [1.165, 1.54) is 65.0 Å². The van der Waals surface area contributed by atoms with Crippen LogP contribution in [-0.2, 0) is 17.1 Å². The molecule has 0 bridgehead atoms. The zero-order valence-corrected chi connectivity index (χ0v) is 28.8. The third-order valence-electron chi connectivity index (χ3n) is 9.11. The summed E-state index contributed by atoms with van der Waals surface area (Å²) < 4.78 is 0. The molecule has 0 aromatic heterocycles. The van der Waals surface area contributed by atoms with Gasteiger partial charge in [-0.2, -0.15) is 0 Å². The minimum atomic E-state index is -0.786. The molecular weight excluding hydrogens is 626 g/mol. The summed E-state index contributed by atoms with van der Waals surface area (Å²) in [6, 6.07) is 52.4. The van der Waals surface area contributed by atoms with Crippen molar-refractivity contribution < 1.29 is 22.2 Å². The maximum Gasteiger partial charge on any atom is 0.0830 e. The average molecular weight is 671 g/mol. The molecule has 2 unspecified atom stereocenters. The van der Waals surface area contributed by atoms with Gasteiger partial charge in [0.2, 0.25) is 0 Å². The summed E-state index contributed by atoms with van der Waals surface area (Å²) >= 11 is 0. The van der Waals surface area contributed by atoms with Crippen LogP contribution < -0.4 is 26.5 Å². The first-order chi connectivity index (χ1) is 21.8. The fourth-order valence-electron chi connectivity index (χ4n) is 7.00. The Morgan fingerprint density at radius 3 is 1.33 bits per heavy atom. The van der Waals surface area contributed by atoms with Crippen LogP contribution in [0, 0.1) is 5.92 Å². The standard InChI is InChI=1S/C36H34OP2.C5H10.Fe/c37-36(33-25-15-27-35(33)39(30-20-9-3-10-21-30)31-22-11-4-12-23-31)32-24-13-14-26-34(32)38(28-16-5-1-6-17-28)29-18-7-2-8-19-29;1-2-4-5-3-1;/h1-14,16-24,26,33,35-37H,15,25,27H2;1-5H2;/t33?,35?,36-;;/m0../s1. The van der Waals surface area contributed by atoms with Crippen LogP contribution in [0.3, 0.4) is 0 Å². The zero-order valence-electron chi connectivity index (χ0n) is 25.9. The van der Waals surface area contributed by atoms with Crippen LogP contribution >= 0.6 is 15.8 Å². The Labute approximate surface area is 283 Å². The van der Waals surface area contributed by atoms with Crippen molar-refractivity contribution >= 4 is 42.4 Å². The van der Waals surface area contributed by atoms with Crippen LogP contribution in [0.2, 0.25) is 0 Å². The SMILES string of the molecule is C1CCCC1.O[C@@H](c1ccccc1P(c1ccccc1)c1ccccc1)C1CCCC1P(c1ccccc1)c1ccccc1.[Fe]. The van der Waals surface area contributed by atoms with E-state index in [0.29, 0.717) is 5.66 Å². The topological polar surface area (TPSA) is 20.2 Å².